The largest absolute Gasteiger partial charge is 0.434 e. The van der Waals surface area contributed by atoms with Crippen LogP contribution in [0.5, 0.6) is 5.75 Å². The number of benzene rings is 1. The Morgan fingerprint density at radius 2 is 2.17 bits per heavy atom. The number of hydrogen-bond acceptors (Lipinski definition) is 3. The van der Waals surface area contributed by atoms with E-state index in [0.29, 0.717) is 15.2 Å². The molecule has 0 spiro atoms. The third-order valence-corrected chi connectivity index (χ3v) is 3.57. The second-order valence-corrected chi connectivity index (χ2v) is 5.90. The highest BCUT2D eigenvalue weighted by Gasteiger charge is 2.08. The van der Waals surface area contributed by atoms with Crippen molar-refractivity contribution in [3.8, 4) is 5.75 Å². The Hall–Kier alpha value is -1.99. The standard InChI is InChI=1S/C16H12BrClF2N2O2/c17-12-3-4-13(24-16(19)20)11(7-12)2-6-15(23)22-9-10-1-5-14(18)21-8-10/h1-8,16H,9H2,(H,22,23). The second kappa shape index (κ2) is 8.75. The lowest BCUT2D eigenvalue weighted by atomic mass is 10.2. The summed E-state index contributed by atoms with van der Waals surface area (Å²) in [6, 6.07) is 7.90. The molecule has 0 aliphatic rings. The monoisotopic (exact) mass is 416 g/mol. The number of aromatic nitrogens is 1. The molecule has 0 atom stereocenters. The van der Waals surface area contributed by atoms with E-state index in [-0.39, 0.29) is 18.2 Å². The number of ether oxygens (including phenoxy) is 1. The summed E-state index contributed by atoms with van der Waals surface area (Å²) in [6.07, 6.45) is 4.19. The first kappa shape index (κ1) is 18.4. The molecule has 1 heterocycles. The highest BCUT2D eigenvalue weighted by atomic mass is 79.9. The summed E-state index contributed by atoms with van der Waals surface area (Å²) < 4.78 is 29.9. The van der Waals surface area contributed by atoms with E-state index in [4.69, 9.17) is 11.6 Å². The molecule has 24 heavy (non-hydrogen) atoms. The molecule has 1 N–H and O–H groups in total. The molecule has 0 bridgehead atoms. The molecule has 0 aliphatic carbocycles. The molecule has 1 aromatic carbocycles. The average Bonchev–Trinajstić information content (AvgIpc) is 2.54. The lowest BCUT2D eigenvalue weighted by Gasteiger charge is -2.08. The van der Waals surface area contributed by atoms with Gasteiger partial charge in [0.05, 0.1) is 0 Å². The molecule has 0 aliphatic heterocycles. The molecule has 126 valence electrons. The maximum Gasteiger partial charge on any atom is 0.387 e. The highest BCUT2D eigenvalue weighted by Crippen LogP contribution is 2.25. The van der Waals surface area contributed by atoms with E-state index in [1.165, 1.54) is 18.2 Å². The number of carbonyl (C=O) groups is 1. The summed E-state index contributed by atoms with van der Waals surface area (Å²) in [4.78, 5) is 15.7. The van der Waals surface area contributed by atoms with Crippen molar-refractivity contribution < 1.29 is 18.3 Å². The van der Waals surface area contributed by atoms with Crippen LogP contribution in [-0.2, 0) is 11.3 Å². The Kier molecular flexibility index (Phi) is 6.69. The van der Waals surface area contributed by atoms with Gasteiger partial charge in [-0.1, -0.05) is 33.6 Å². The van der Waals surface area contributed by atoms with Crippen LogP contribution < -0.4 is 10.1 Å². The number of halogens is 4. The molecule has 0 unspecified atom stereocenters. The van der Waals surface area contributed by atoms with E-state index < -0.39 is 6.61 Å². The van der Waals surface area contributed by atoms with Gasteiger partial charge in [0.25, 0.3) is 0 Å². The molecule has 2 rings (SSSR count). The number of pyridine rings is 1. The summed E-state index contributed by atoms with van der Waals surface area (Å²) in [5.74, 6) is -0.396. The predicted octanol–water partition coefficient (Wildman–Crippen LogP) is 4.43. The van der Waals surface area contributed by atoms with Crippen molar-refractivity contribution in [2.45, 2.75) is 13.2 Å². The summed E-state index contributed by atoms with van der Waals surface area (Å²) in [5.41, 5.74) is 1.14. The van der Waals surface area contributed by atoms with Crippen molar-refractivity contribution >= 4 is 39.5 Å². The molecule has 8 heteroatoms. The van der Waals surface area contributed by atoms with Gasteiger partial charge in [-0.05, 0) is 35.9 Å². The molecule has 1 amide bonds. The molecule has 0 radical (unpaired) electrons. The fourth-order valence-corrected chi connectivity index (χ4v) is 2.27. The molecular weight excluding hydrogens is 406 g/mol. The number of hydrogen-bond donors (Lipinski definition) is 1. The lowest BCUT2D eigenvalue weighted by Crippen LogP contribution is -2.20. The van der Waals surface area contributed by atoms with Crippen LogP contribution in [0.3, 0.4) is 0 Å². The van der Waals surface area contributed by atoms with Gasteiger partial charge in [0.2, 0.25) is 5.91 Å². The summed E-state index contributed by atoms with van der Waals surface area (Å²) in [6.45, 7) is -2.67. The van der Waals surface area contributed by atoms with Gasteiger partial charge in [-0.3, -0.25) is 4.79 Å². The topological polar surface area (TPSA) is 51.2 Å². The Morgan fingerprint density at radius 1 is 1.38 bits per heavy atom. The second-order valence-electron chi connectivity index (χ2n) is 4.60. The Balaban J connectivity index is 2.00. The number of nitrogens with zero attached hydrogens (tertiary/aromatic N) is 1. The lowest BCUT2D eigenvalue weighted by molar-refractivity contribution is -0.116. The first-order chi connectivity index (χ1) is 11.4. The Labute approximate surface area is 150 Å². The Morgan fingerprint density at radius 3 is 2.83 bits per heavy atom. The summed E-state index contributed by atoms with van der Waals surface area (Å²) in [7, 11) is 0. The van der Waals surface area contributed by atoms with E-state index in [1.807, 2.05) is 0 Å². The normalized spacial score (nSPS) is 11.0. The molecule has 1 aromatic heterocycles. The minimum Gasteiger partial charge on any atom is -0.434 e. The van der Waals surface area contributed by atoms with Crippen LogP contribution in [0.2, 0.25) is 5.15 Å². The van der Waals surface area contributed by atoms with E-state index in [0.717, 1.165) is 5.56 Å². The van der Waals surface area contributed by atoms with E-state index in [9.17, 15) is 13.6 Å². The van der Waals surface area contributed by atoms with Gasteiger partial charge in [-0.2, -0.15) is 8.78 Å². The quantitative estimate of drug-likeness (QED) is 0.559. The van der Waals surface area contributed by atoms with Crippen molar-refractivity contribution in [2.75, 3.05) is 0 Å². The van der Waals surface area contributed by atoms with Gasteiger partial charge in [-0.25, -0.2) is 4.98 Å². The van der Waals surface area contributed by atoms with Crippen molar-refractivity contribution in [3.05, 3.63) is 63.4 Å². The number of alkyl halides is 2. The van der Waals surface area contributed by atoms with Crippen LogP contribution in [0.4, 0.5) is 8.78 Å². The zero-order chi connectivity index (χ0) is 17.5. The predicted molar refractivity (Wildman–Crippen MR) is 90.9 cm³/mol. The minimum atomic E-state index is -2.94. The number of amides is 1. The van der Waals surface area contributed by atoms with Gasteiger partial charge in [0, 0.05) is 28.9 Å². The van der Waals surface area contributed by atoms with Crippen LogP contribution in [0.25, 0.3) is 6.08 Å². The molecule has 2 aromatic rings. The van der Waals surface area contributed by atoms with E-state index in [2.05, 4.69) is 31.0 Å². The van der Waals surface area contributed by atoms with Gasteiger partial charge < -0.3 is 10.1 Å². The van der Waals surface area contributed by atoms with Crippen LogP contribution >= 0.6 is 27.5 Å². The molecule has 4 nitrogen and oxygen atoms in total. The third kappa shape index (κ3) is 5.90. The molecule has 0 saturated heterocycles. The number of carbonyl (C=O) groups excluding carboxylic acids is 1. The van der Waals surface area contributed by atoms with Crippen molar-refractivity contribution in [1.82, 2.24) is 10.3 Å². The number of rotatable bonds is 6. The van der Waals surface area contributed by atoms with Crippen LogP contribution in [0, 0.1) is 0 Å². The van der Waals surface area contributed by atoms with E-state index >= 15 is 0 Å². The SMILES string of the molecule is O=C(C=Cc1cc(Br)ccc1OC(F)F)NCc1ccc(Cl)nc1. The highest BCUT2D eigenvalue weighted by molar-refractivity contribution is 9.10. The fraction of sp³-hybridized carbons (Fsp3) is 0.125. The van der Waals surface area contributed by atoms with Crippen LogP contribution in [-0.4, -0.2) is 17.5 Å². The zero-order valence-electron chi connectivity index (χ0n) is 12.2. The van der Waals surface area contributed by atoms with Crippen molar-refractivity contribution in [2.24, 2.45) is 0 Å². The fourth-order valence-electron chi connectivity index (χ4n) is 1.78. The van der Waals surface area contributed by atoms with Crippen LogP contribution in [0.1, 0.15) is 11.1 Å². The molecule has 0 saturated carbocycles. The smallest absolute Gasteiger partial charge is 0.387 e. The first-order valence-electron chi connectivity index (χ1n) is 6.75. The van der Waals surface area contributed by atoms with Crippen LogP contribution in [0.15, 0.2) is 47.1 Å². The molecular formula is C16H12BrClF2N2O2. The molecule has 0 fully saturated rings. The average molecular weight is 418 g/mol. The zero-order valence-corrected chi connectivity index (χ0v) is 14.5. The summed E-state index contributed by atoms with van der Waals surface area (Å²) in [5, 5.41) is 3.02. The maximum atomic E-state index is 12.4. The van der Waals surface area contributed by atoms with Gasteiger partial charge in [0.1, 0.15) is 10.9 Å². The van der Waals surface area contributed by atoms with Crippen molar-refractivity contribution in [1.29, 1.82) is 0 Å². The minimum absolute atomic E-state index is 0.0147. The van der Waals surface area contributed by atoms with E-state index in [1.54, 1.807) is 30.5 Å². The van der Waals surface area contributed by atoms with Gasteiger partial charge >= 0.3 is 6.61 Å². The number of nitrogens with one attached hydrogen (secondary N) is 1. The summed E-state index contributed by atoms with van der Waals surface area (Å²) >= 11 is 8.92. The van der Waals surface area contributed by atoms with Gasteiger partial charge in [-0.15, -0.1) is 0 Å². The third-order valence-electron chi connectivity index (χ3n) is 2.86. The van der Waals surface area contributed by atoms with Crippen molar-refractivity contribution in [3.63, 3.8) is 0 Å². The maximum absolute atomic E-state index is 12.4. The van der Waals surface area contributed by atoms with Gasteiger partial charge in [0.15, 0.2) is 0 Å². The first-order valence-corrected chi connectivity index (χ1v) is 7.92. The Bertz CT molecular complexity index is 739.